The first kappa shape index (κ1) is 13.4. The number of hydrogen-bond acceptors (Lipinski definition) is 1. The standard InChI is InChI=1S/C16H23NS/c1-3-5-12-18(17-4-2)13-11-16(14-18)15-9-7-6-8-10-15/h6-11,13-14,17H,3-5,12H2,1-2H3. The van der Waals surface area contributed by atoms with E-state index in [4.69, 9.17) is 0 Å². The lowest BCUT2D eigenvalue weighted by Gasteiger charge is -2.32. The van der Waals surface area contributed by atoms with Crippen LogP contribution >= 0.6 is 10.2 Å². The van der Waals surface area contributed by atoms with Crippen LogP contribution in [-0.4, -0.2) is 12.3 Å². The second kappa shape index (κ2) is 6.26. The van der Waals surface area contributed by atoms with Gasteiger partial charge in [0.2, 0.25) is 0 Å². The Bertz CT molecular complexity index is 436. The van der Waals surface area contributed by atoms with Gasteiger partial charge in [0.05, 0.1) is 0 Å². The van der Waals surface area contributed by atoms with E-state index in [-0.39, 0.29) is 0 Å². The van der Waals surface area contributed by atoms with Crippen molar-refractivity contribution in [1.29, 1.82) is 0 Å². The number of allylic oxidation sites excluding steroid dienone is 2. The maximum absolute atomic E-state index is 3.71. The van der Waals surface area contributed by atoms with Crippen LogP contribution in [0.15, 0.2) is 47.2 Å². The molecule has 0 aliphatic carbocycles. The molecule has 98 valence electrons. The molecule has 0 bridgehead atoms. The van der Waals surface area contributed by atoms with Gasteiger partial charge in [-0.1, -0.05) is 50.6 Å². The summed E-state index contributed by atoms with van der Waals surface area (Å²) in [6, 6.07) is 10.7. The van der Waals surface area contributed by atoms with Gasteiger partial charge in [0.1, 0.15) is 0 Å². The normalized spacial score (nSPS) is 25.8. The molecule has 0 fully saturated rings. The molecule has 0 spiro atoms. The monoisotopic (exact) mass is 261 g/mol. The molecule has 1 atom stereocenters. The highest BCUT2D eigenvalue weighted by atomic mass is 32.3. The molecular formula is C16H23NS. The molecule has 1 N–H and O–H groups in total. The molecule has 18 heavy (non-hydrogen) atoms. The molecule has 2 heteroatoms. The van der Waals surface area contributed by atoms with Crippen LogP contribution in [0.1, 0.15) is 32.3 Å². The summed E-state index contributed by atoms with van der Waals surface area (Å²) in [7, 11) is -0.863. The summed E-state index contributed by atoms with van der Waals surface area (Å²) in [6.07, 6.45) is 4.86. The number of rotatable bonds is 6. The molecule has 0 saturated carbocycles. The SMILES string of the molecule is CCCCS1(NCC)C=CC(c2ccccc2)=C1. The minimum Gasteiger partial charge on any atom is -0.274 e. The molecule has 1 nitrogen and oxygen atoms in total. The van der Waals surface area contributed by atoms with Gasteiger partial charge in [-0.2, -0.15) is 0 Å². The number of hydrogen-bond donors (Lipinski definition) is 1. The Hall–Kier alpha value is -0.990. The molecule has 0 radical (unpaired) electrons. The Kier molecular flexibility index (Phi) is 4.67. The van der Waals surface area contributed by atoms with Crippen molar-refractivity contribution in [2.45, 2.75) is 26.7 Å². The Morgan fingerprint density at radius 1 is 1.11 bits per heavy atom. The zero-order chi connectivity index (χ0) is 12.8. The second-order valence-electron chi connectivity index (χ2n) is 4.65. The molecule has 1 aliphatic heterocycles. The van der Waals surface area contributed by atoms with E-state index in [0.717, 1.165) is 6.54 Å². The summed E-state index contributed by atoms with van der Waals surface area (Å²) in [4.78, 5) is 0. The highest BCUT2D eigenvalue weighted by Crippen LogP contribution is 2.54. The Morgan fingerprint density at radius 3 is 2.56 bits per heavy atom. The van der Waals surface area contributed by atoms with Gasteiger partial charge in [0.15, 0.2) is 0 Å². The first-order chi connectivity index (χ1) is 8.79. The third-order valence-corrected chi connectivity index (χ3v) is 6.27. The van der Waals surface area contributed by atoms with Gasteiger partial charge in [0.25, 0.3) is 0 Å². The van der Waals surface area contributed by atoms with Crippen LogP contribution in [0.25, 0.3) is 5.57 Å². The molecule has 0 aromatic heterocycles. The summed E-state index contributed by atoms with van der Waals surface area (Å²) < 4.78 is 3.71. The van der Waals surface area contributed by atoms with E-state index in [9.17, 15) is 0 Å². The third kappa shape index (κ3) is 3.06. The maximum Gasteiger partial charge on any atom is 0.00210 e. The predicted molar refractivity (Wildman–Crippen MR) is 84.6 cm³/mol. The second-order valence-corrected chi connectivity index (χ2v) is 7.55. The van der Waals surface area contributed by atoms with Crippen LogP contribution in [-0.2, 0) is 0 Å². The topological polar surface area (TPSA) is 12.0 Å². The molecule has 1 aromatic carbocycles. The lowest BCUT2D eigenvalue weighted by Crippen LogP contribution is -2.18. The van der Waals surface area contributed by atoms with E-state index >= 15 is 0 Å². The average Bonchev–Trinajstić information content (AvgIpc) is 2.83. The van der Waals surface area contributed by atoms with Crippen molar-refractivity contribution in [1.82, 2.24) is 4.72 Å². The molecule has 1 aromatic rings. The smallest absolute Gasteiger partial charge is 0.00210 e. The van der Waals surface area contributed by atoms with Gasteiger partial charge < -0.3 is 0 Å². The fraction of sp³-hybridized carbons (Fsp3) is 0.375. The summed E-state index contributed by atoms with van der Waals surface area (Å²) in [5.74, 6) is 1.27. The van der Waals surface area contributed by atoms with E-state index in [2.05, 4.69) is 65.8 Å². The summed E-state index contributed by atoms with van der Waals surface area (Å²) in [5, 5.41) is 4.88. The molecule has 1 unspecified atom stereocenters. The number of benzene rings is 1. The van der Waals surface area contributed by atoms with Crippen molar-refractivity contribution < 1.29 is 0 Å². The highest BCUT2D eigenvalue weighted by Gasteiger charge is 2.21. The van der Waals surface area contributed by atoms with E-state index < -0.39 is 10.2 Å². The first-order valence-corrected chi connectivity index (χ1v) is 8.73. The van der Waals surface area contributed by atoms with Gasteiger partial charge in [-0.05, 0) is 40.2 Å². The molecule has 2 rings (SSSR count). The van der Waals surface area contributed by atoms with Gasteiger partial charge >= 0.3 is 0 Å². The first-order valence-electron chi connectivity index (χ1n) is 6.80. The molecule has 0 amide bonds. The maximum atomic E-state index is 3.71. The van der Waals surface area contributed by atoms with Crippen LogP contribution < -0.4 is 4.72 Å². The Balaban J connectivity index is 2.20. The molecular weight excluding hydrogens is 238 g/mol. The average molecular weight is 261 g/mol. The predicted octanol–water partition coefficient (Wildman–Crippen LogP) is 4.68. The van der Waals surface area contributed by atoms with E-state index in [1.54, 1.807) is 0 Å². The van der Waals surface area contributed by atoms with Crippen LogP contribution in [0.2, 0.25) is 0 Å². The van der Waals surface area contributed by atoms with Crippen LogP contribution in [0, 0.1) is 0 Å². The van der Waals surface area contributed by atoms with Crippen molar-refractivity contribution >= 4 is 15.8 Å². The molecule has 1 heterocycles. The molecule has 1 aliphatic rings. The minimum absolute atomic E-state index is 0.863. The lowest BCUT2D eigenvalue weighted by atomic mass is 10.1. The zero-order valence-corrected chi connectivity index (χ0v) is 12.2. The lowest BCUT2D eigenvalue weighted by molar-refractivity contribution is 0.884. The van der Waals surface area contributed by atoms with Crippen molar-refractivity contribution in [2.75, 3.05) is 12.3 Å². The fourth-order valence-electron chi connectivity index (χ4n) is 2.24. The van der Waals surface area contributed by atoms with E-state index in [1.807, 2.05) is 0 Å². The highest BCUT2D eigenvalue weighted by molar-refractivity contribution is 8.37. The van der Waals surface area contributed by atoms with Crippen molar-refractivity contribution in [3.63, 3.8) is 0 Å². The van der Waals surface area contributed by atoms with Gasteiger partial charge in [0, 0.05) is 6.54 Å². The van der Waals surface area contributed by atoms with E-state index in [0.29, 0.717) is 0 Å². The molecule has 0 saturated heterocycles. The quantitative estimate of drug-likeness (QED) is 0.783. The minimum atomic E-state index is -0.863. The summed E-state index contributed by atoms with van der Waals surface area (Å²) >= 11 is 0. The van der Waals surface area contributed by atoms with Crippen LogP contribution in [0.3, 0.4) is 0 Å². The number of unbranched alkanes of at least 4 members (excludes halogenated alkanes) is 1. The Labute approximate surface area is 112 Å². The number of nitrogens with one attached hydrogen (secondary N) is 1. The van der Waals surface area contributed by atoms with Gasteiger partial charge in [-0.3, -0.25) is 4.72 Å². The fourth-order valence-corrected chi connectivity index (χ4v) is 5.25. The Morgan fingerprint density at radius 2 is 1.89 bits per heavy atom. The van der Waals surface area contributed by atoms with Crippen molar-refractivity contribution in [3.05, 3.63) is 52.8 Å². The van der Waals surface area contributed by atoms with Gasteiger partial charge in [-0.15, -0.1) is 10.2 Å². The van der Waals surface area contributed by atoms with Crippen molar-refractivity contribution in [2.24, 2.45) is 0 Å². The summed E-state index contributed by atoms with van der Waals surface area (Å²) in [6.45, 7) is 5.50. The largest absolute Gasteiger partial charge is 0.274 e. The van der Waals surface area contributed by atoms with Crippen LogP contribution in [0.5, 0.6) is 0 Å². The third-order valence-electron chi connectivity index (χ3n) is 3.18. The van der Waals surface area contributed by atoms with Gasteiger partial charge in [-0.25, -0.2) is 0 Å². The zero-order valence-electron chi connectivity index (χ0n) is 11.4. The van der Waals surface area contributed by atoms with Crippen LogP contribution in [0.4, 0.5) is 0 Å². The van der Waals surface area contributed by atoms with E-state index in [1.165, 1.54) is 29.7 Å². The summed E-state index contributed by atoms with van der Waals surface area (Å²) in [5.41, 5.74) is 2.71. The van der Waals surface area contributed by atoms with Crippen molar-refractivity contribution in [3.8, 4) is 0 Å².